The summed E-state index contributed by atoms with van der Waals surface area (Å²) >= 11 is 0. The highest BCUT2D eigenvalue weighted by atomic mass is 35.5. The van der Waals surface area contributed by atoms with Crippen molar-refractivity contribution in [3.8, 4) is 0 Å². The molecule has 0 radical (unpaired) electrons. The molecule has 0 atom stereocenters. The van der Waals surface area contributed by atoms with Crippen LogP contribution in [0.3, 0.4) is 0 Å². The van der Waals surface area contributed by atoms with Gasteiger partial charge in [-0.3, -0.25) is 4.98 Å². The Morgan fingerprint density at radius 2 is 1.92 bits per heavy atom. The standard InChI is InChI=1S/C19H18N2O2.ClH/c1-3-23-19(22)14-7-6-8-15(12-14)21-18-11-13(2)20-17-10-5-4-9-16(17)18;/h4-12H,3H2,1-2H3,(H,20,21);1H. The molecule has 0 spiro atoms. The minimum atomic E-state index is -0.313. The number of rotatable bonds is 4. The van der Waals surface area contributed by atoms with Crippen LogP contribution in [0.1, 0.15) is 23.0 Å². The number of aryl methyl sites for hydroxylation is 1. The summed E-state index contributed by atoms with van der Waals surface area (Å²) < 4.78 is 5.05. The Bertz CT molecular complexity index is 865. The zero-order valence-corrected chi connectivity index (χ0v) is 14.4. The summed E-state index contributed by atoms with van der Waals surface area (Å²) in [5, 5.41) is 4.42. The van der Waals surface area contributed by atoms with Gasteiger partial charge in [-0.2, -0.15) is 0 Å². The molecule has 5 heteroatoms. The van der Waals surface area contributed by atoms with Gasteiger partial charge in [0.1, 0.15) is 0 Å². The van der Waals surface area contributed by atoms with Gasteiger partial charge in [0.2, 0.25) is 0 Å². The van der Waals surface area contributed by atoms with Crippen LogP contribution in [0.15, 0.2) is 54.6 Å². The molecule has 4 nitrogen and oxygen atoms in total. The van der Waals surface area contributed by atoms with Crippen molar-refractivity contribution < 1.29 is 9.53 Å². The Morgan fingerprint density at radius 3 is 2.71 bits per heavy atom. The van der Waals surface area contributed by atoms with Crippen LogP contribution in [-0.4, -0.2) is 17.6 Å². The van der Waals surface area contributed by atoms with Gasteiger partial charge in [0.15, 0.2) is 0 Å². The molecule has 3 rings (SSSR count). The topological polar surface area (TPSA) is 51.2 Å². The number of pyridine rings is 1. The summed E-state index contributed by atoms with van der Waals surface area (Å²) in [6.07, 6.45) is 0. The van der Waals surface area contributed by atoms with E-state index < -0.39 is 0 Å². The molecule has 3 aromatic rings. The Morgan fingerprint density at radius 1 is 1.12 bits per heavy atom. The molecule has 0 aliphatic rings. The highest BCUT2D eigenvalue weighted by Gasteiger charge is 2.08. The average molecular weight is 343 g/mol. The molecule has 0 aliphatic heterocycles. The zero-order chi connectivity index (χ0) is 16.2. The molecule has 1 aromatic heterocycles. The molecule has 24 heavy (non-hydrogen) atoms. The van der Waals surface area contributed by atoms with Crippen molar-refractivity contribution in [2.75, 3.05) is 11.9 Å². The van der Waals surface area contributed by atoms with E-state index in [1.807, 2.05) is 49.4 Å². The quantitative estimate of drug-likeness (QED) is 0.686. The van der Waals surface area contributed by atoms with Gasteiger partial charge in [-0.15, -0.1) is 12.4 Å². The van der Waals surface area contributed by atoms with Crippen molar-refractivity contribution in [1.82, 2.24) is 4.98 Å². The van der Waals surface area contributed by atoms with Crippen molar-refractivity contribution in [3.05, 3.63) is 65.9 Å². The van der Waals surface area contributed by atoms with Gasteiger partial charge < -0.3 is 10.1 Å². The number of nitrogens with one attached hydrogen (secondary N) is 1. The van der Waals surface area contributed by atoms with Crippen LogP contribution >= 0.6 is 12.4 Å². The van der Waals surface area contributed by atoms with Crippen LogP contribution in [0.5, 0.6) is 0 Å². The molecule has 0 unspecified atom stereocenters. The molecule has 0 saturated heterocycles. The van der Waals surface area contributed by atoms with Crippen molar-refractivity contribution >= 4 is 40.7 Å². The normalized spacial score (nSPS) is 10.1. The highest BCUT2D eigenvalue weighted by Crippen LogP contribution is 2.26. The van der Waals surface area contributed by atoms with Crippen molar-refractivity contribution in [1.29, 1.82) is 0 Å². The number of carbonyl (C=O) groups excluding carboxylic acids is 1. The molecular weight excluding hydrogens is 324 g/mol. The molecule has 0 saturated carbocycles. The predicted octanol–water partition coefficient (Wildman–Crippen LogP) is 4.89. The van der Waals surface area contributed by atoms with Gasteiger partial charge in [0, 0.05) is 22.5 Å². The summed E-state index contributed by atoms with van der Waals surface area (Å²) in [7, 11) is 0. The minimum Gasteiger partial charge on any atom is -0.462 e. The molecule has 124 valence electrons. The van der Waals surface area contributed by atoms with E-state index >= 15 is 0 Å². The largest absolute Gasteiger partial charge is 0.462 e. The fourth-order valence-corrected chi connectivity index (χ4v) is 2.51. The van der Waals surface area contributed by atoms with E-state index in [1.165, 1.54) is 0 Å². The lowest BCUT2D eigenvalue weighted by atomic mass is 10.1. The molecule has 0 bridgehead atoms. The fraction of sp³-hybridized carbons (Fsp3) is 0.158. The van der Waals surface area contributed by atoms with Crippen molar-refractivity contribution in [2.45, 2.75) is 13.8 Å². The number of hydrogen-bond acceptors (Lipinski definition) is 4. The van der Waals surface area contributed by atoms with E-state index in [-0.39, 0.29) is 18.4 Å². The predicted molar refractivity (Wildman–Crippen MR) is 99.4 cm³/mol. The lowest BCUT2D eigenvalue weighted by Crippen LogP contribution is -2.05. The third kappa shape index (κ3) is 3.84. The first-order chi connectivity index (χ1) is 11.2. The lowest BCUT2D eigenvalue weighted by Gasteiger charge is -2.11. The minimum absolute atomic E-state index is 0. The van der Waals surface area contributed by atoms with E-state index in [0.29, 0.717) is 12.2 Å². The fourth-order valence-electron chi connectivity index (χ4n) is 2.51. The molecule has 1 N–H and O–H groups in total. The van der Waals surface area contributed by atoms with E-state index in [0.717, 1.165) is 28.0 Å². The van der Waals surface area contributed by atoms with Crippen LogP contribution in [0.2, 0.25) is 0 Å². The summed E-state index contributed by atoms with van der Waals surface area (Å²) in [6, 6.07) is 17.3. The van der Waals surface area contributed by atoms with Crippen LogP contribution in [-0.2, 0) is 4.74 Å². The monoisotopic (exact) mass is 342 g/mol. The molecule has 0 fully saturated rings. The third-order valence-corrected chi connectivity index (χ3v) is 3.50. The van der Waals surface area contributed by atoms with Crippen LogP contribution < -0.4 is 5.32 Å². The number of anilines is 2. The molecular formula is C19H19ClN2O2. The van der Waals surface area contributed by atoms with Crippen molar-refractivity contribution in [3.63, 3.8) is 0 Å². The maximum Gasteiger partial charge on any atom is 0.338 e. The van der Waals surface area contributed by atoms with E-state index in [2.05, 4.69) is 10.3 Å². The van der Waals surface area contributed by atoms with Crippen LogP contribution in [0.4, 0.5) is 11.4 Å². The Hall–Kier alpha value is -2.59. The number of halogens is 1. The van der Waals surface area contributed by atoms with Gasteiger partial charge in [0.25, 0.3) is 0 Å². The average Bonchev–Trinajstić information content (AvgIpc) is 2.55. The first kappa shape index (κ1) is 17.8. The van der Waals surface area contributed by atoms with Crippen LogP contribution in [0, 0.1) is 6.92 Å². The summed E-state index contributed by atoms with van der Waals surface area (Å²) in [4.78, 5) is 16.4. The van der Waals surface area contributed by atoms with Gasteiger partial charge in [-0.05, 0) is 44.2 Å². The number of para-hydroxylation sites is 1. The first-order valence-electron chi connectivity index (χ1n) is 7.58. The summed E-state index contributed by atoms with van der Waals surface area (Å²) in [5.74, 6) is -0.313. The summed E-state index contributed by atoms with van der Waals surface area (Å²) in [5.41, 5.74) is 4.22. The molecule has 0 aliphatic carbocycles. The number of esters is 1. The highest BCUT2D eigenvalue weighted by molar-refractivity contribution is 5.94. The molecule has 1 heterocycles. The number of aromatic nitrogens is 1. The van der Waals surface area contributed by atoms with Gasteiger partial charge in [0.05, 0.1) is 17.7 Å². The van der Waals surface area contributed by atoms with Gasteiger partial charge in [-0.25, -0.2) is 4.79 Å². The van der Waals surface area contributed by atoms with Gasteiger partial charge >= 0.3 is 5.97 Å². The summed E-state index contributed by atoms with van der Waals surface area (Å²) in [6.45, 7) is 4.13. The lowest BCUT2D eigenvalue weighted by molar-refractivity contribution is 0.0526. The first-order valence-corrected chi connectivity index (χ1v) is 7.58. The van der Waals surface area contributed by atoms with E-state index in [4.69, 9.17) is 4.74 Å². The number of hydrogen-bond donors (Lipinski definition) is 1. The molecule has 2 aromatic carbocycles. The Labute approximate surface area is 147 Å². The molecule has 0 amide bonds. The zero-order valence-electron chi connectivity index (χ0n) is 13.6. The second kappa shape index (κ2) is 7.79. The van der Waals surface area contributed by atoms with E-state index in [9.17, 15) is 4.79 Å². The smallest absolute Gasteiger partial charge is 0.338 e. The Kier molecular flexibility index (Phi) is 5.77. The second-order valence-electron chi connectivity index (χ2n) is 5.25. The SMILES string of the molecule is CCOC(=O)c1cccc(Nc2cc(C)nc3ccccc23)c1.Cl. The maximum absolute atomic E-state index is 11.9. The van der Waals surface area contributed by atoms with Gasteiger partial charge in [-0.1, -0.05) is 24.3 Å². The van der Waals surface area contributed by atoms with Crippen molar-refractivity contribution in [2.24, 2.45) is 0 Å². The number of fused-ring (bicyclic) bond motifs is 1. The number of carbonyl (C=O) groups is 1. The second-order valence-corrected chi connectivity index (χ2v) is 5.25. The van der Waals surface area contributed by atoms with E-state index in [1.54, 1.807) is 19.1 Å². The number of nitrogens with zero attached hydrogens (tertiary/aromatic N) is 1. The van der Waals surface area contributed by atoms with Crippen LogP contribution in [0.25, 0.3) is 10.9 Å². The third-order valence-electron chi connectivity index (χ3n) is 3.50. The Balaban J connectivity index is 0.00000208. The maximum atomic E-state index is 11.9. The number of ether oxygens (including phenoxy) is 1. The number of benzene rings is 2.